The zero-order valence-corrected chi connectivity index (χ0v) is 27.0. The fourth-order valence-electron chi connectivity index (χ4n) is 6.98. The fraction of sp³-hybridized carbons (Fsp3) is 0.265. The molecule has 0 saturated carbocycles. The molecule has 2 atom stereocenters. The first-order chi connectivity index (χ1) is 23.2. The van der Waals surface area contributed by atoms with Crippen LogP contribution in [-0.4, -0.2) is 73.9 Å². The van der Waals surface area contributed by atoms with Crippen molar-refractivity contribution in [1.82, 2.24) is 24.9 Å². The zero-order chi connectivity index (χ0) is 33.3. The third-order valence-electron chi connectivity index (χ3n) is 9.26. The fourth-order valence-corrected chi connectivity index (χ4v) is 7.63. The number of carboxylic acids is 1. The summed E-state index contributed by atoms with van der Waals surface area (Å²) in [6.45, 7) is 0.990. The van der Waals surface area contributed by atoms with Gasteiger partial charge in [-0.1, -0.05) is 46.6 Å². The maximum atomic E-state index is 15.7. The van der Waals surface area contributed by atoms with Crippen LogP contribution in [0, 0.1) is 5.82 Å². The Morgan fingerprint density at radius 3 is 2.48 bits per heavy atom. The number of morpholine rings is 1. The van der Waals surface area contributed by atoms with E-state index in [4.69, 9.17) is 32.7 Å². The lowest BCUT2D eigenvalue weighted by Gasteiger charge is -2.37. The minimum Gasteiger partial charge on any atom is -0.478 e. The maximum absolute atomic E-state index is 15.7. The topological polar surface area (TPSA) is 123 Å². The number of carboxylic acid groups (broad SMARTS) is 1. The monoisotopic (exact) mass is 688 g/mol. The van der Waals surface area contributed by atoms with Gasteiger partial charge in [0.25, 0.3) is 5.91 Å². The van der Waals surface area contributed by atoms with Crippen molar-refractivity contribution in [3.8, 4) is 28.0 Å². The van der Waals surface area contributed by atoms with Crippen LogP contribution in [0.5, 0.6) is 5.75 Å². The van der Waals surface area contributed by atoms with Crippen LogP contribution >= 0.6 is 23.2 Å². The Hall–Kier alpha value is -4.78. The van der Waals surface area contributed by atoms with Crippen LogP contribution in [0.15, 0.2) is 54.7 Å². The normalized spacial score (nSPS) is 18.6. The molecule has 14 heteroatoms. The van der Waals surface area contributed by atoms with Gasteiger partial charge in [-0.25, -0.2) is 18.9 Å². The van der Waals surface area contributed by atoms with Crippen LogP contribution in [0.3, 0.4) is 0 Å². The molecule has 2 fully saturated rings. The third kappa shape index (κ3) is 5.02. The van der Waals surface area contributed by atoms with Crippen LogP contribution in [0.4, 0.5) is 10.1 Å². The largest absolute Gasteiger partial charge is 0.478 e. The van der Waals surface area contributed by atoms with Crippen LogP contribution in [-0.2, 0) is 18.3 Å². The number of carbonyl (C=O) groups is 2. The molecular formula is C34H27Cl2FN6O5. The number of aromatic nitrogens is 4. The number of nitrogens with zero attached hydrogens (tertiary/aromatic N) is 6. The molecule has 2 saturated heterocycles. The molecule has 244 valence electrons. The van der Waals surface area contributed by atoms with Gasteiger partial charge in [0, 0.05) is 35.5 Å². The molecule has 3 aliphatic rings. The predicted molar refractivity (Wildman–Crippen MR) is 176 cm³/mol. The summed E-state index contributed by atoms with van der Waals surface area (Å²) in [6.07, 6.45) is 3.40. The number of para-hydroxylation sites is 1. The van der Waals surface area contributed by atoms with E-state index in [1.807, 2.05) is 6.07 Å². The lowest BCUT2D eigenvalue weighted by molar-refractivity contribution is 0.0516. The number of benzene rings is 3. The average molecular weight is 690 g/mol. The van der Waals surface area contributed by atoms with Crippen molar-refractivity contribution in [2.24, 2.45) is 7.05 Å². The highest BCUT2D eigenvalue weighted by Crippen LogP contribution is 2.43. The Balaban J connectivity index is 1.09. The molecule has 3 aliphatic heterocycles. The van der Waals surface area contributed by atoms with Crippen molar-refractivity contribution in [1.29, 1.82) is 0 Å². The van der Waals surface area contributed by atoms with Crippen LogP contribution in [0.25, 0.3) is 33.4 Å². The Bertz CT molecular complexity index is 2120. The molecule has 8 rings (SSSR count). The Morgan fingerprint density at radius 1 is 1.00 bits per heavy atom. The van der Waals surface area contributed by atoms with Gasteiger partial charge in [-0.05, 0) is 48.7 Å². The first-order valence-electron chi connectivity index (χ1n) is 15.3. The minimum absolute atomic E-state index is 0.0203. The third-order valence-corrected chi connectivity index (χ3v) is 9.86. The first-order valence-corrected chi connectivity index (χ1v) is 16.1. The molecule has 0 radical (unpaired) electrons. The van der Waals surface area contributed by atoms with Crippen LogP contribution in [0.1, 0.15) is 39.1 Å². The minimum atomic E-state index is -1.20. The van der Waals surface area contributed by atoms with Crippen molar-refractivity contribution in [3.63, 3.8) is 0 Å². The second-order valence-electron chi connectivity index (χ2n) is 12.1. The predicted octanol–water partition coefficient (Wildman–Crippen LogP) is 6.20. The number of aryl methyl sites for hydroxylation is 1. The van der Waals surface area contributed by atoms with Gasteiger partial charge in [0.2, 0.25) is 0 Å². The molecule has 2 bridgehead atoms. The standard InChI is InChI=1S/C34H27Cl2FN6O5/c1-41-32-28(39-40-41)9-19(12-38-32)18-7-25(35)30(26(36)8-18)33(44)42-13-17-3-2-4-22(31(17)48-16-42)23-11-29(24(34(45)46)10-27(23)37)43-20-5-6-21(43)15-47-14-20/h2-4,7-12,20-21H,5-6,13-16H2,1H3,(H,45,46). The van der Waals surface area contributed by atoms with E-state index in [2.05, 4.69) is 20.2 Å². The van der Waals surface area contributed by atoms with Crippen molar-refractivity contribution >= 4 is 51.9 Å². The van der Waals surface area contributed by atoms with Gasteiger partial charge < -0.3 is 24.4 Å². The summed E-state index contributed by atoms with van der Waals surface area (Å²) >= 11 is 13.3. The number of hydrogen-bond donors (Lipinski definition) is 1. The Kier molecular flexibility index (Phi) is 7.46. The van der Waals surface area contributed by atoms with Gasteiger partial charge in [0.1, 0.15) is 17.1 Å². The van der Waals surface area contributed by atoms with E-state index >= 15 is 4.39 Å². The number of rotatable bonds is 5. The van der Waals surface area contributed by atoms with Crippen molar-refractivity contribution in [2.75, 3.05) is 24.8 Å². The van der Waals surface area contributed by atoms with Crippen molar-refractivity contribution < 1.29 is 28.6 Å². The Labute approximate surface area is 283 Å². The first kappa shape index (κ1) is 30.5. The molecule has 5 heterocycles. The highest BCUT2D eigenvalue weighted by molar-refractivity contribution is 6.40. The number of hydrogen-bond acceptors (Lipinski definition) is 8. The average Bonchev–Trinajstić information content (AvgIpc) is 3.57. The molecule has 48 heavy (non-hydrogen) atoms. The van der Waals surface area contributed by atoms with Gasteiger partial charge in [-0.2, -0.15) is 0 Å². The lowest BCUT2D eigenvalue weighted by Crippen LogP contribution is -2.46. The molecule has 1 N–H and O–H groups in total. The van der Waals surface area contributed by atoms with E-state index in [0.29, 0.717) is 58.1 Å². The molecule has 2 aromatic heterocycles. The number of ether oxygens (including phenoxy) is 2. The second-order valence-corrected chi connectivity index (χ2v) is 13.0. The smallest absolute Gasteiger partial charge is 0.337 e. The number of fused-ring (bicyclic) bond motifs is 4. The SMILES string of the molecule is Cn1nnc2cc(-c3cc(Cl)c(C(=O)N4COc5c(cccc5-c5cc(N6C7CCC6COC7)c(C(=O)O)cc5F)C4)c(Cl)c3)cnc21. The van der Waals surface area contributed by atoms with E-state index in [1.54, 1.807) is 54.3 Å². The van der Waals surface area contributed by atoms with Crippen LogP contribution in [0.2, 0.25) is 10.0 Å². The van der Waals surface area contributed by atoms with Crippen molar-refractivity contribution in [3.05, 3.63) is 87.3 Å². The van der Waals surface area contributed by atoms with Gasteiger partial charge in [0.15, 0.2) is 12.4 Å². The number of aromatic carboxylic acids is 1. The number of halogens is 3. The quantitative estimate of drug-likeness (QED) is 0.230. The molecule has 11 nitrogen and oxygen atoms in total. The molecular weight excluding hydrogens is 662 g/mol. The maximum Gasteiger partial charge on any atom is 0.337 e. The zero-order valence-electron chi connectivity index (χ0n) is 25.5. The molecule has 0 aliphatic carbocycles. The van der Waals surface area contributed by atoms with Crippen LogP contribution < -0.4 is 9.64 Å². The number of pyridine rings is 1. The van der Waals surface area contributed by atoms with Gasteiger partial charge in [-0.3, -0.25) is 4.79 Å². The molecule has 3 aromatic carbocycles. The lowest BCUT2D eigenvalue weighted by atomic mass is 9.96. The molecule has 2 unspecified atom stereocenters. The second kappa shape index (κ2) is 11.7. The van der Waals surface area contributed by atoms with E-state index in [1.165, 1.54) is 4.90 Å². The van der Waals surface area contributed by atoms with Gasteiger partial charge >= 0.3 is 5.97 Å². The highest BCUT2D eigenvalue weighted by atomic mass is 35.5. The number of anilines is 1. The summed E-state index contributed by atoms with van der Waals surface area (Å²) in [5, 5.41) is 18.4. The molecule has 1 amide bonds. The molecule has 0 spiro atoms. The summed E-state index contributed by atoms with van der Waals surface area (Å²) in [4.78, 5) is 34.0. The number of carbonyl (C=O) groups excluding carboxylic acids is 1. The van der Waals surface area contributed by atoms with Gasteiger partial charge in [0.05, 0.1) is 58.7 Å². The number of amides is 1. The van der Waals surface area contributed by atoms with E-state index in [-0.39, 0.29) is 52.1 Å². The summed E-state index contributed by atoms with van der Waals surface area (Å²) < 4.78 is 29.1. The summed E-state index contributed by atoms with van der Waals surface area (Å²) in [5.41, 5.74) is 4.41. The van der Waals surface area contributed by atoms with E-state index in [9.17, 15) is 14.7 Å². The Morgan fingerprint density at radius 2 is 1.75 bits per heavy atom. The van der Waals surface area contributed by atoms with Gasteiger partial charge in [-0.15, -0.1) is 5.10 Å². The summed E-state index contributed by atoms with van der Waals surface area (Å²) in [6, 6.07) is 13.1. The molecule has 5 aromatic rings. The van der Waals surface area contributed by atoms with Crippen molar-refractivity contribution in [2.45, 2.75) is 31.5 Å². The summed E-state index contributed by atoms with van der Waals surface area (Å²) in [7, 11) is 1.75. The van der Waals surface area contributed by atoms with E-state index in [0.717, 1.165) is 18.9 Å². The summed E-state index contributed by atoms with van der Waals surface area (Å²) in [5.74, 6) is -1.90. The van der Waals surface area contributed by atoms with E-state index < -0.39 is 17.7 Å². The highest BCUT2D eigenvalue weighted by Gasteiger charge is 2.40.